The highest BCUT2D eigenvalue weighted by Gasteiger charge is 2.17. The highest BCUT2D eigenvalue weighted by molar-refractivity contribution is 6.41. The normalized spacial score (nSPS) is 10.8. The minimum absolute atomic E-state index is 0.00163. The van der Waals surface area contributed by atoms with Crippen molar-refractivity contribution in [2.24, 2.45) is 0 Å². The van der Waals surface area contributed by atoms with Gasteiger partial charge in [0.2, 0.25) is 0 Å². The number of carbonyl (C=O) groups is 1. The highest BCUT2D eigenvalue weighted by atomic mass is 35.5. The van der Waals surface area contributed by atoms with Crippen LogP contribution in [0.1, 0.15) is 10.4 Å². The van der Waals surface area contributed by atoms with Crippen LogP contribution in [0.15, 0.2) is 42.6 Å². The molecule has 1 amide bonds. The van der Waals surface area contributed by atoms with Crippen LogP contribution in [0, 0.1) is 5.82 Å². The SMILES string of the molecule is O=C(Nc1c(Cl)cc(Cl)c2cccnc12)c1cc(F)ccc1Cl. The fourth-order valence-corrected chi connectivity index (χ4v) is 2.91. The first-order valence-electron chi connectivity index (χ1n) is 6.46. The Labute approximate surface area is 146 Å². The van der Waals surface area contributed by atoms with E-state index in [0.717, 1.165) is 6.07 Å². The van der Waals surface area contributed by atoms with Crippen molar-refractivity contribution < 1.29 is 9.18 Å². The average molecular weight is 370 g/mol. The maximum atomic E-state index is 13.3. The van der Waals surface area contributed by atoms with Crippen LogP contribution in [-0.2, 0) is 0 Å². The van der Waals surface area contributed by atoms with Crippen molar-refractivity contribution in [1.82, 2.24) is 4.98 Å². The Balaban J connectivity index is 2.08. The predicted octanol–water partition coefficient (Wildman–Crippen LogP) is 5.59. The van der Waals surface area contributed by atoms with Gasteiger partial charge in [0.05, 0.1) is 31.8 Å². The molecule has 1 aromatic heterocycles. The van der Waals surface area contributed by atoms with E-state index >= 15 is 0 Å². The summed E-state index contributed by atoms with van der Waals surface area (Å²) < 4.78 is 13.3. The second-order valence-electron chi connectivity index (χ2n) is 4.69. The molecular weight excluding hydrogens is 362 g/mol. The predicted molar refractivity (Wildman–Crippen MR) is 91.1 cm³/mol. The fraction of sp³-hybridized carbons (Fsp3) is 0. The van der Waals surface area contributed by atoms with Gasteiger partial charge in [-0.3, -0.25) is 9.78 Å². The average Bonchev–Trinajstić information content (AvgIpc) is 2.53. The molecule has 0 radical (unpaired) electrons. The van der Waals surface area contributed by atoms with Crippen molar-refractivity contribution in [2.45, 2.75) is 0 Å². The summed E-state index contributed by atoms with van der Waals surface area (Å²) in [7, 11) is 0. The molecule has 0 aliphatic carbocycles. The largest absolute Gasteiger partial charge is 0.319 e. The second kappa shape index (κ2) is 6.32. The van der Waals surface area contributed by atoms with Gasteiger partial charge in [-0.1, -0.05) is 34.8 Å². The smallest absolute Gasteiger partial charge is 0.257 e. The van der Waals surface area contributed by atoms with E-state index < -0.39 is 11.7 Å². The number of benzene rings is 2. The Morgan fingerprint density at radius 3 is 2.61 bits per heavy atom. The number of rotatable bonds is 2. The molecule has 1 heterocycles. The molecule has 0 saturated heterocycles. The molecule has 0 spiro atoms. The van der Waals surface area contributed by atoms with Gasteiger partial charge in [-0.2, -0.15) is 0 Å². The summed E-state index contributed by atoms with van der Waals surface area (Å²) in [5.74, 6) is -1.16. The number of hydrogen-bond acceptors (Lipinski definition) is 2. The van der Waals surface area contributed by atoms with E-state index in [1.54, 1.807) is 18.3 Å². The highest BCUT2D eigenvalue weighted by Crippen LogP contribution is 2.35. The van der Waals surface area contributed by atoms with E-state index in [0.29, 0.717) is 15.9 Å². The summed E-state index contributed by atoms with van der Waals surface area (Å²) in [5, 5.41) is 4.03. The molecule has 0 fully saturated rings. The summed E-state index contributed by atoms with van der Waals surface area (Å²) >= 11 is 18.2. The zero-order valence-corrected chi connectivity index (χ0v) is 13.7. The van der Waals surface area contributed by atoms with Crippen molar-refractivity contribution >= 4 is 57.3 Å². The maximum Gasteiger partial charge on any atom is 0.257 e. The van der Waals surface area contributed by atoms with Gasteiger partial charge in [0, 0.05) is 11.6 Å². The van der Waals surface area contributed by atoms with Crippen molar-refractivity contribution in [3.63, 3.8) is 0 Å². The van der Waals surface area contributed by atoms with E-state index in [1.807, 2.05) is 0 Å². The molecule has 2 aromatic carbocycles. The first-order valence-corrected chi connectivity index (χ1v) is 7.60. The Morgan fingerprint density at radius 2 is 1.83 bits per heavy atom. The van der Waals surface area contributed by atoms with E-state index in [2.05, 4.69) is 10.3 Å². The summed E-state index contributed by atoms with van der Waals surface area (Å²) in [5.41, 5.74) is 0.727. The maximum absolute atomic E-state index is 13.3. The zero-order valence-electron chi connectivity index (χ0n) is 11.4. The van der Waals surface area contributed by atoms with Gasteiger partial charge in [0.25, 0.3) is 5.91 Å². The molecular formula is C16H8Cl3FN2O. The summed E-state index contributed by atoms with van der Waals surface area (Å²) in [6, 6.07) is 8.52. The van der Waals surface area contributed by atoms with Gasteiger partial charge in [0.15, 0.2) is 0 Å². The Morgan fingerprint density at radius 1 is 1.04 bits per heavy atom. The van der Waals surface area contributed by atoms with E-state index in [1.165, 1.54) is 18.2 Å². The van der Waals surface area contributed by atoms with Crippen LogP contribution < -0.4 is 5.32 Å². The molecule has 0 aliphatic heterocycles. The van der Waals surface area contributed by atoms with Crippen molar-refractivity contribution in [3.05, 3.63) is 69.0 Å². The van der Waals surface area contributed by atoms with Gasteiger partial charge in [-0.05, 0) is 36.4 Å². The quantitative estimate of drug-likeness (QED) is 0.640. The molecule has 0 bridgehead atoms. The van der Waals surface area contributed by atoms with E-state index in [4.69, 9.17) is 34.8 Å². The third-order valence-electron chi connectivity index (χ3n) is 3.21. The van der Waals surface area contributed by atoms with Crippen LogP contribution in [0.2, 0.25) is 15.1 Å². The lowest BCUT2D eigenvalue weighted by Gasteiger charge is -2.12. The van der Waals surface area contributed by atoms with Crippen LogP contribution in [0.4, 0.5) is 10.1 Å². The standard InChI is InChI=1S/C16H8Cl3FN2O/c17-11-4-3-8(20)6-10(11)16(23)22-15-13(19)7-12(18)9-2-1-5-21-14(9)15/h1-7H,(H,22,23). The van der Waals surface area contributed by atoms with Crippen molar-refractivity contribution in [3.8, 4) is 0 Å². The molecule has 3 nitrogen and oxygen atoms in total. The lowest BCUT2D eigenvalue weighted by molar-refractivity contribution is 0.102. The first kappa shape index (κ1) is 16.0. The molecule has 7 heteroatoms. The van der Waals surface area contributed by atoms with Gasteiger partial charge < -0.3 is 5.32 Å². The number of carbonyl (C=O) groups excluding carboxylic acids is 1. The molecule has 0 unspecified atom stereocenters. The number of anilines is 1. The monoisotopic (exact) mass is 368 g/mol. The number of nitrogens with one attached hydrogen (secondary N) is 1. The number of hydrogen-bond donors (Lipinski definition) is 1. The third kappa shape index (κ3) is 3.11. The lowest BCUT2D eigenvalue weighted by atomic mass is 10.1. The van der Waals surface area contributed by atoms with E-state index in [9.17, 15) is 9.18 Å². The van der Waals surface area contributed by atoms with Crippen LogP contribution in [0.3, 0.4) is 0 Å². The summed E-state index contributed by atoms with van der Waals surface area (Å²) in [4.78, 5) is 16.6. The van der Waals surface area contributed by atoms with Gasteiger partial charge >= 0.3 is 0 Å². The molecule has 0 atom stereocenters. The third-order valence-corrected chi connectivity index (χ3v) is 4.15. The Kier molecular flexibility index (Phi) is 4.39. The number of aromatic nitrogens is 1. The Bertz CT molecular complexity index is 931. The molecule has 3 aromatic rings. The molecule has 3 rings (SSSR count). The molecule has 0 aliphatic rings. The van der Waals surface area contributed by atoms with Gasteiger partial charge in [0.1, 0.15) is 5.82 Å². The van der Waals surface area contributed by atoms with E-state index in [-0.39, 0.29) is 21.3 Å². The molecule has 23 heavy (non-hydrogen) atoms. The number of nitrogens with zero attached hydrogens (tertiary/aromatic N) is 1. The minimum atomic E-state index is -0.592. The fourth-order valence-electron chi connectivity index (χ4n) is 2.14. The zero-order chi connectivity index (χ0) is 16.6. The van der Waals surface area contributed by atoms with Crippen LogP contribution >= 0.6 is 34.8 Å². The van der Waals surface area contributed by atoms with Crippen LogP contribution in [0.25, 0.3) is 10.9 Å². The van der Waals surface area contributed by atoms with Crippen LogP contribution in [0.5, 0.6) is 0 Å². The van der Waals surface area contributed by atoms with Gasteiger partial charge in [-0.25, -0.2) is 4.39 Å². The number of fused-ring (bicyclic) bond motifs is 1. The summed E-state index contributed by atoms with van der Waals surface area (Å²) in [6.45, 7) is 0. The molecule has 1 N–H and O–H groups in total. The van der Waals surface area contributed by atoms with Crippen LogP contribution in [-0.4, -0.2) is 10.9 Å². The lowest BCUT2D eigenvalue weighted by Crippen LogP contribution is -2.13. The number of halogens is 4. The Hall–Kier alpha value is -1.88. The van der Waals surface area contributed by atoms with Crippen molar-refractivity contribution in [2.75, 3.05) is 5.32 Å². The molecule has 116 valence electrons. The minimum Gasteiger partial charge on any atom is -0.319 e. The first-order chi connectivity index (χ1) is 11.0. The number of amides is 1. The van der Waals surface area contributed by atoms with Crippen molar-refractivity contribution in [1.29, 1.82) is 0 Å². The summed E-state index contributed by atoms with van der Waals surface area (Å²) in [6.07, 6.45) is 1.56. The molecule has 0 saturated carbocycles. The number of pyridine rings is 1. The van der Waals surface area contributed by atoms with Gasteiger partial charge in [-0.15, -0.1) is 0 Å². The second-order valence-corrected chi connectivity index (χ2v) is 5.91. The topological polar surface area (TPSA) is 42.0 Å².